The van der Waals surface area contributed by atoms with Crippen LogP contribution in [0, 0.1) is 11.3 Å². The SMILES string of the molecule is CC(C)(C)NCc1cc(CN2CCC(C(C)(C)C)C2)on1. The van der Waals surface area contributed by atoms with Crippen LogP contribution in [0.2, 0.25) is 0 Å². The van der Waals surface area contributed by atoms with E-state index in [2.05, 4.69) is 63.0 Å². The second-order valence-electron chi connectivity index (χ2n) is 8.47. The topological polar surface area (TPSA) is 41.3 Å². The fraction of sp³-hybridized carbons (Fsp3) is 0.824. The van der Waals surface area contributed by atoms with Crippen LogP contribution in [0.25, 0.3) is 0 Å². The third-order valence-corrected chi connectivity index (χ3v) is 4.28. The zero-order valence-corrected chi connectivity index (χ0v) is 14.5. The van der Waals surface area contributed by atoms with Gasteiger partial charge in [-0.1, -0.05) is 25.9 Å². The molecule has 0 bridgehead atoms. The Balaban J connectivity index is 1.83. The molecule has 0 radical (unpaired) electrons. The predicted octanol–water partition coefficient (Wildman–Crippen LogP) is 3.43. The first-order valence-electron chi connectivity index (χ1n) is 8.05. The van der Waals surface area contributed by atoms with Crippen LogP contribution in [0.1, 0.15) is 59.4 Å². The standard InChI is InChI=1S/C17H31N3O/c1-16(2,3)13-7-8-20(11-13)12-15-9-14(19-21-15)10-18-17(4,5)6/h9,13,18H,7-8,10-12H2,1-6H3. The third-order valence-electron chi connectivity index (χ3n) is 4.28. The van der Waals surface area contributed by atoms with Crippen LogP contribution in [0.3, 0.4) is 0 Å². The molecule has 1 aromatic rings. The molecule has 1 aromatic heterocycles. The Bertz CT molecular complexity index is 453. The lowest BCUT2D eigenvalue weighted by atomic mass is 9.80. The van der Waals surface area contributed by atoms with Gasteiger partial charge in [-0.3, -0.25) is 4.90 Å². The molecule has 2 rings (SSSR count). The van der Waals surface area contributed by atoms with E-state index in [1.165, 1.54) is 13.0 Å². The Kier molecular flexibility index (Phi) is 4.79. The normalized spacial score (nSPS) is 21.1. The minimum absolute atomic E-state index is 0.105. The zero-order valence-electron chi connectivity index (χ0n) is 14.5. The van der Waals surface area contributed by atoms with Gasteiger partial charge < -0.3 is 9.84 Å². The van der Waals surface area contributed by atoms with E-state index < -0.39 is 0 Å². The molecule has 0 saturated carbocycles. The molecule has 120 valence electrons. The zero-order chi connectivity index (χ0) is 15.7. The summed E-state index contributed by atoms with van der Waals surface area (Å²) in [6.07, 6.45) is 1.29. The Morgan fingerprint density at radius 1 is 1.29 bits per heavy atom. The van der Waals surface area contributed by atoms with Gasteiger partial charge in [0.25, 0.3) is 0 Å². The molecule has 4 heteroatoms. The van der Waals surface area contributed by atoms with Gasteiger partial charge in [-0.15, -0.1) is 0 Å². The van der Waals surface area contributed by atoms with Gasteiger partial charge in [0.2, 0.25) is 0 Å². The van der Waals surface area contributed by atoms with Crippen molar-refractivity contribution in [1.82, 2.24) is 15.4 Å². The molecule has 21 heavy (non-hydrogen) atoms. The van der Waals surface area contributed by atoms with Crippen molar-refractivity contribution in [3.8, 4) is 0 Å². The number of hydrogen-bond donors (Lipinski definition) is 1. The average Bonchev–Trinajstić information content (AvgIpc) is 2.94. The minimum Gasteiger partial charge on any atom is -0.360 e. The molecule has 1 N–H and O–H groups in total. The molecule has 0 aliphatic carbocycles. The Morgan fingerprint density at radius 3 is 2.57 bits per heavy atom. The molecule has 1 fully saturated rings. The van der Waals surface area contributed by atoms with Gasteiger partial charge in [0, 0.05) is 24.7 Å². The Labute approximate surface area is 129 Å². The fourth-order valence-corrected chi connectivity index (χ4v) is 2.77. The van der Waals surface area contributed by atoms with Gasteiger partial charge >= 0.3 is 0 Å². The lowest BCUT2D eigenvalue weighted by Crippen LogP contribution is -2.35. The molecule has 4 nitrogen and oxygen atoms in total. The molecule has 1 aliphatic heterocycles. The number of rotatable bonds is 4. The van der Waals surface area contributed by atoms with Crippen LogP contribution in [0.4, 0.5) is 0 Å². The van der Waals surface area contributed by atoms with Crippen molar-refractivity contribution in [2.24, 2.45) is 11.3 Å². The highest BCUT2D eigenvalue weighted by Crippen LogP contribution is 2.34. The van der Waals surface area contributed by atoms with Crippen LogP contribution < -0.4 is 5.32 Å². The molecule has 1 unspecified atom stereocenters. The maximum atomic E-state index is 5.48. The highest BCUT2D eigenvalue weighted by atomic mass is 16.5. The van der Waals surface area contributed by atoms with Gasteiger partial charge in [-0.25, -0.2) is 0 Å². The second-order valence-corrected chi connectivity index (χ2v) is 8.47. The van der Waals surface area contributed by atoms with Crippen LogP contribution in [0.5, 0.6) is 0 Å². The monoisotopic (exact) mass is 293 g/mol. The molecular weight excluding hydrogens is 262 g/mol. The smallest absolute Gasteiger partial charge is 0.151 e. The van der Waals surface area contributed by atoms with Gasteiger partial charge in [-0.2, -0.15) is 0 Å². The van der Waals surface area contributed by atoms with Crippen molar-refractivity contribution >= 4 is 0 Å². The van der Waals surface area contributed by atoms with E-state index in [4.69, 9.17) is 4.52 Å². The van der Waals surface area contributed by atoms with Crippen molar-refractivity contribution in [2.75, 3.05) is 13.1 Å². The first-order chi connectivity index (χ1) is 9.63. The number of likely N-dealkylation sites (tertiary alicyclic amines) is 1. The van der Waals surface area contributed by atoms with E-state index in [1.807, 2.05) is 0 Å². The molecule has 0 aromatic carbocycles. The largest absolute Gasteiger partial charge is 0.360 e. The quantitative estimate of drug-likeness (QED) is 0.923. The Hall–Kier alpha value is -0.870. The van der Waals surface area contributed by atoms with Crippen molar-refractivity contribution in [1.29, 1.82) is 0 Å². The Morgan fingerprint density at radius 2 is 2.00 bits per heavy atom. The summed E-state index contributed by atoms with van der Waals surface area (Å²) in [6, 6.07) is 2.09. The second kappa shape index (κ2) is 6.09. The number of nitrogens with zero attached hydrogens (tertiary/aromatic N) is 2. The summed E-state index contributed by atoms with van der Waals surface area (Å²) in [5, 5.41) is 7.60. The minimum atomic E-state index is 0.105. The first kappa shape index (κ1) is 16.5. The summed E-state index contributed by atoms with van der Waals surface area (Å²) < 4.78 is 5.48. The molecule has 0 spiro atoms. The molecule has 2 heterocycles. The van der Waals surface area contributed by atoms with E-state index in [-0.39, 0.29) is 5.54 Å². The van der Waals surface area contributed by atoms with E-state index in [1.54, 1.807) is 0 Å². The van der Waals surface area contributed by atoms with Gasteiger partial charge in [0.15, 0.2) is 5.76 Å². The number of aromatic nitrogens is 1. The summed E-state index contributed by atoms with van der Waals surface area (Å²) in [5.41, 5.74) is 1.50. The average molecular weight is 293 g/mol. The van der Waals surface area contributed by atoms with Crippen molar-refractivity contribution < 1.29 is 4.52 Å². The maximum absolute atomic E-state index is 5.48. The highest BCUT2D eigenvalue weighted by Gasteiger charge is 2.32. The predicted molar refractivity (Wildman–Crippen MR) is 85.9 cm³/mol. The molecule has 1 atom stereocenters. The lowest BCUT2D eigenvalue weighted by Gasteiger charge is -2.26. The first-order valence-corrected chi connectivity index (χ1v) is 8.05. The summed E-state index contributed by atoms with van der Waals surface area (Å²) in [6.45, 7) is 17.5. The van der Waals surface area contributed by atoms with Crippen molar-refractivity contribution in [2.45, 2.75) is 66.6 Å². The van der Waals surface area contributed by atoms with Crippen LogP contribution in [0.15, 0.2) is 10.6 Å². The van der Waals surface area contributed by atoms with Crippen LogP contribution in [-0.4, -0.2) is 28.7 Å². The van der Waals surface area contributed by atoms with Crippen molar-refractivity contribution in [3.05, 3.63) is 17.5 Å². The summed E-state index contributed by atoms with van der Waals surface area (Å²) >= 11 is 0. The van der Waals surface area contributed by atoms with Gasteiger partial charge in [0.1, 0.15) is 0 Å². The summed E-state index contributed by atoms with van der Waals surface area (Å²) in [7, 11) is 0. The fourth-order valence-electron chi connectivity index (χ4n) is 2.77. The number of hydrogen-bond acceptors (Lipinski definition) is 4. The number of nitrogens with one attached hydrogen (secondary N) is 1. The van der Waals surface area contributed by atoms with E-state index in [0.29, 0.717) is 5.41 Å². The highest BCUT2D eigenvalue weighted by molar-refractivity contribution is 5.06. The molecule has 0 amide bonds. The van der Waals surface area contributed by atoms with Crippen LogP contribution >= 0.6 is 0 Å². The summed E-state index contributed by atoms with van der Waals surface area (Å²) in [4.78, 5) is 2.48. The van der Waals surface area contributed by atoms with E-state index in [0.717, 1.165) is 37.0 Å². The molecule has 1 saturated heterocycles. The van der Waals surface area contributed by atoms with E-state index in [9.17, 15) is 0 Å². The molecular formula is C17H31N3O. The third kappa shape index (κ3) is 5.11. The summed E-state index contributed by atoms with van der Waals surface area (Å²) in [5.74, 6) is 1.76. The van der Waals surface area contributed by atoms with Crippen LogP contribution in [-0.2, 0) is 13.1 Å². The van der Waals surface area contributed by atoms with Gasteiger partial charge in [0.05, 0.1) is 12.2 Å². The molecule has 1 aliphatic rings. The van der Waals surface area contributed by atoms with E-state index >= 15 is 0 Å². The lowest BCUT2D eigenvalue weighted by molar-refractivity contribution is 0.214. The van der Waals surface area contributed by atoms with Crippen molar-refractivity contribution in [3.63, 3.8) is 0 Å². The maximum Gasteiger partial charge on any atom is 0.151 e. The van der Waals surface area contributed by atoms with Gasteiger partial charge in [-0.05, 0) is 45.1 Å².